The predicted molar refractivity (Wildman–Crippen MR) is 91.7 cm³/mol. The second kappa shape index (κ2) is 7.02. The molecule has 0 aliphatic carbocycles. The van der Waals surface area contributed by atoms with Gasteiger partial charge in [-0.2, -0.15) is 13.2 Å². The van der Waals surface area contributed by atoms with Crippen LogP contribution in [-0.2, 0) is 6.18 Å². The molecule has 0 aliphatic rings. The summed E-state index contributed by atoms with van der Waals surface area (Å²) in [7, 11) is 0. The lowest BCUT2D eigenvalue weighted by atomic mass is 10.0. The molecule has 0 saturated carbocycles. The summed E-state index contributed by atoms with van der Waals surface area (Å²) in [6.45, 7) is 1.74. The molecule has 2 heterocycles. The highest BCUT2D eigenvalue weighted by atomic mass is 19.4. The number of hydrogen-bond acceptors (Lipinski definition) is 5. The van der Waals surface area contributed by atoms with E-state index in [1.165, 1.54) is 18.2 Å². The second-order valence-electron chi connectivity index (χ2n) is 5.58. The maximum atomic E-state index is 13.1. The number of pyridine rings is 1. The topological polar surface area (TPSA) is 87.6 Å². The van der Waals surface area contributed by atoms with E-state index in [9.17, 15) is 13.2 Å². The Balaban J connectivity index is 2.15. The van der Waals surface area contributed by atoms with Crippen molar-refractivity contribution < 1.29 is 17.9 Å². The van der Waals surface area contributed by atoms with E-state index in [4.69, 9.17) is 15.6 Å². The van der Waals surface area contributed by atoms with E-state index in [-0.39, 0.29) is 17.1 Å². The van der Waals surface area contributed by atoms with Crippen LogP contribution in [-0.4, -0.2) is 21.1 Å². The molecule has 2 N–H and O–H groups in total. The Bertz CT molecular complexity index is 1060. The van der Waals surface area contributed by atoms with Gasteiger partial charge in [-0.3, -0.25) is 15.8 Å². The lowest BCUT2D eigenvalue weighted by molar-refractivity contribution is -0.137. The summed E-state index contributed by atoms with van der Waals surface area (Å²) in [4.78, 5) is 4.16. The molecule has 138 valence electrons. The van der Waals surface area contributed by atoms with E-state index in [1.807, 2.05) is 0 Å². The smallest absolute Gasteiger partial charge is 0.416 e. The Morgan fingerprint density at radius 2 is 1.89 bits per heavy atom. The summed E-state index contributed by atoms with van der Waals surface area (Å²) in [6, 6.07) is 9.29. The number of hydrogen-bond donors (Lipinski definition) is 2. The fourth-order valence-electron chi connectivity index (χ4n) is 2.46. The third kappa shape index (κ3) is 3.86. The second-order valence-corrected chi connectivity index (χ2v) is 5.58. The van der Waals surface area contributed by atoms with Crippen LogP contribution in [0.5, 0.6) is 11.6 Å². The molecule has 3 aromatic rings. The number of rotatable bonds is 4. The highest BCUT2D eigenvalue weighted by Gasteiger charge is 2.31. The molecule has 0 bridgehead atoms. The Morgan fingerprint density at radius 3 is 2.56 bits per heavy atom. The molecule has 0 unspecified atom stereocenters. The van der Waals surface area contributed by atoms with Gasteiger partial charge in [-0.25, -0.2) is 4.68 Å². The lowest BCUT2D eigenvalue weighted by Gasteiger charge is -2.15. The van der Waals surface area contributed by atoms with Gasteiger partial charge in [-0.1, -0.05) is 6.07 Å². The van der Waals surface area contributed by atoms with Gasteiger partial charge in [0.2, 0.25) is 5.88 Å². The zero-order valence-corrected chi connectivity index (χ0v) is 14.1. The Morgan fingerprint density at radius 1 is 1.11 bits per heavy atom. The van der Waals surface area contributed by atoms with Crippen LogP contribution < -0.4 is 10.2 Å². The summed E-state index contributed by atoms with van der Waals surface area (Å²) in [5, 5.41) is 18.7. The van der Waals surface area contributed by atoms with Crippen LogP contribution in [0.4, 0.5) is 13.2 Å². The molecule has 27 heavy (non-hydrogen) atoms. The minimum absolute atomic E-state index is 0.0448. The Labute approximate surface area is 151 Å². The molecular weight excluding hydrogens is 359 g/mol. The standard InChI is InChI=1S/C18H14F3N5O/c1-11-13(3-2-8-24-11)14-5-4-12(18(19,20)21)9-15(14)27-17-7-6-16(23)26(10-22)25-17/h2-10,22-23H,1H3. The number of nitrogens with zero attached hydrogens (tertiary/aromatic N) is 3. The van der Waals surface area contributed by atoms with Crippen molar-refractivity contribution in [3.05, 3.63) is 65.4 Å². The van der Waals surface area contributed by atoms with E-state index in [1.54, 1.807) is 25.3 Å². The average molecular weight is 373 g/mol. The molecule has 0 radical (unpaired) electrons. The molecule has 0 spiro atoms. The summed E-state index contributed by atoms with van der Waals surface area (Å²) >= 11 is 0. The summed E-state index contributed by atoms with van der Waals surface area (Å²) in [5.74, 6) is -0.0979. The third-order valence-electron chi connectivity index (χ3n) is 3.78. The van der Waals surface area contributed by atoms with E-state index in [0.29, 0.717) is 16.8 Å². The molecule has 3 rings (SSSR count). The monoisotopic (exact) mass is 373 g/mol. The number of aromatic nitrogens is 3. The van der Waals surface area contributed by atoms with Crippen molar-refractivity contribution in [1.82, 2.24) is 14.8 Å². The van der Waals surface area contributed by atoms with E-state index >= 15 is 0 Å². The number of halogens is 3. The predicted octanol–water partition coefficient (Wildman–Crippen LogP) is 4.00. The van der Waals surface area contributed by atoms with Gasteiger partial charge in [0.25, 0.3) is 0 Å². The summed E-state index contributed by atoms with van der Waals surface area (Å²) < 4.78 is 46.0. The molecular formula is C18H14F3N5O. The quantitative estimate of drug-likeness (QED) is 0.535. The van der Waals surface area contributed by atoms with Gasteiger partial charge in [-0.15, -0.1) is 5.10 Å². The van der Waals surface area contributed by atoms with Gasteiger partial charge in [0.15, 0.2) is 0 Å². The first-order chi connectivity index (χ1) is 12.8. The van der Waals surface area contributed by atoms with Crippen molar-refractivity contribution >= 4 is 6.34 Å². The Kier molecular flexibility index (Phi) is 4.76. The van der Waals surface area contributed by atoms with E-state index in [0.717, 1.165) is 23.2 Å². The molecule has 2 aromatic heterocycles. The molecule has 0 saturated heterocycles. The summed E-state index contributed by atoms with van der Waals surface area (Å²) in [6.07, 6.45) is -2.15. The van der Waals surface area contributed by atoms with E-state index < -0.39 is 11.7 Å². The highest BCUT2D eigenvalue weighted by Crippen LogP contribution is 2.39. The molecule has 0 atom stereocenters. The first-order valence-corrected chi connectivity index (χ1v) is 7.76. The first-order valence-electron chi connectivity index (χ1n) is 7.76. The van der Waals surface area contributed by atoms with Crippen molar-refractivity contribution in [1.29, 1.82) is 10.8 Å². The third-order valence-corrected chi connectivity index (χ3v) is 3.78. The summed E-state index contributed by atoms with van der Waals surface area (Å²) in [5.41, 5.74) is 0.751. The normalized spacial score (nSPS) is 11.3. The fraction of sp³-hybridized carbons (Fsp3) is 0.111. The molecule has 1 aromatic carbocycles. The SMILES string of the molecule is Cc1ncccc1-c1ccc(C(F)(F)F)cc1Oc1ccc(=N)n(C=N)n1. The zero-order chi connectivity index (χ0) is 19.6. The van der Waals surface area contributed by atoms with Crippen LogP contribution in [0.1, 0.15) is 11.3 Å². The van der Waals surface area contributed by atoms with Crippen LogP contribution in [0.25, 0.3) is 11.1 Å². The van der Waals surface area contributed by atoms with Crippen molar-refractivity contribution in [2.75, 3.05) is 0 Å². The highest BCUT2D eigenvalue weighted by molar-refractivity contribution is 5.73. The molecule has 6 nitrogen and oxygen atoms in total. The Hall–Kier alpha value is -3.49. The van der Waals surface area contributed by atoms with Crippen molar-refractivity contribution in [2.45, 2.75) is 13.1 Å². The number of aryl methyl sites for hydroxylation is 1. The van der Waals surface area contributed by atoms with Crippen LogP contribution in [0.15, 0.2) is 48.7 Å². The minimum atomic E-state index is -4.53. The van der Waals surface area contributed by atoms with Crippen LogP contribution in [0, 0.1) is 17.7 Å². The van der Waals surface area contributed by atoms with E-state index in [2.05, 4.69) is 10.1 Å². The van der Waals surface area contributed by atoms with Gasteiger partial charge in [-0.05, 0) is 37.3 Å². The maximum Gasteiger partial charge on any atom is 0.416 e. The van der Waals surface area contributed by atoms with Crippen LogP contribution in [0.2, 0.25) is 0 Å². The number of ether oxygens (including phenoxy) is 1. The fourth-order valence-corrected chi connectivity index (χ4v) is 2.46. The van der Waals surface area contributed by atoms with Gasteiger partial charge >= 0.3 is 6.18 Å². The zero-order valence-electron chi connectivity index (χ0n) is 14.1. The maximum absolute atomic E-state index is 13.1. The van der Waals surface area contributed by atoms with Crippen LogP contribution >= 0.6 is 0 Å². The van der Waals surface area contributed by atoms with Crippen molar-refractivity contribution in [3.8, 4) is 22.8 Å². The number of benzene rings is 1. The molecule has 9 heteroatoms. The average Bonchev–Trinajstić information content (AvgIpc) is 2.63. The van der Waals surface area contributed by atoms with Crippen LogP contribution in [0.3, 0.4) is 0 Å². The lowest BCUT2D eigenvalue weighted by Crippen LogP contribution is -2.21. The number of alkyl halides is 3. The van der Waals surface area contributed by atoms with Gasteiger partial charge in [0.1, 0.15) is 17.6 Å². The van der Waals surface area contributed by atoms with Gasteiger partial charge in [0, 0.05) is 29.1 Å². The molecule has 0 aliphatic heterocycles. The largest absolute Gasteiger partial charge is 0.437 e. The van der Waals surface area contributed by atoms with Gasteiger partial charge < -0.3 is 4.74 Å². The van der Waals surface area contributed by atoms with Crippen molar-refractivity contribution in [2.24, 2.45) is 0 Å². The first kappa shape index (κ1) is 18.3. The van der Waals surface area contributed by atoms with Crippen molar-refractivity contribution in [3.63, 3.8) is 0 Å². The van der Waals surface area contributed by atoms with Gasteiger partial charge in [0.05, 0.1) is 5.56 Å². The molecule has 0 fully saturated rings. The minimum Gasteiger partial charge on any atom is -0.437 e. The number of nitrogens with one attached hydrogen (secondary N) is 2. The molecule has 0 amide bonds.